The highest BCUT2D eigenvalue weighted by Gasteiger charge is 2.47. The zero-order chi connectivity index (χ0) is 15.1. The number of ether oxygens (including phenoxy) is 1. The molecule has 0 spiro atoms. The summed E-state index contributed by atoms with van der Waals surface area (Å²) in [6.45, 7) is 3.53. The lowest BCUT2D eigenvalue weighted by Crippen LogP contribution is -2.45. The summed E-state index contributed by atoms with van der Waals surface area (Å²) in [5.74, 6) is 0.139. The molecule has 4 heteroatoms. The lowest BCUT2D eigenvalue weighted by Gasteiger charge is -2.28. The van der Waals surface area contributed by atoms with E-state index in [0.717, 1.165) is 19.4 Å². The Labute approximate surface area is 131 Å². The van der Waals surface area contributed by atoms with Gasteiger partial charge >= 0.3 is 0 Å². The fourth-order valence-corrected chi connectivity index (χ4v) is 4.42. The monoisotopic (exact) mass is 300 g/mol. The van der Waals surface area contributed by atoms with E-state index in [-0.39, 0.29) is 18.1 Å². The summed E-state index contributed by atoms with van der Waals surface area (Å²) in [6, 6.07) is 9.44. The Morgan fingerprint density at radius 3 is 2.55 bits per heavy atom. The molecular weight excluding hydrogens is 276 g/mol. The number of benzene rings is 1. The Bertz CT molecular complexity index is 537. The average Bonchev–Trinajstić information content (AvgIpc) is 3.27. The molecule has 3 aliphatic rings. The number of hydrogen-bond acceptors (Lipinski definition) is 3. The van der Waals surface area contributed by atoms with Crippen molar-refractivity contribution in [2.45, 2.75) is 56.8 Å². The third-order valence-corrected chi connectivity index (χ3v) is 5.50. The molecule has 3 aliphatic heterocycles. The second-order valence-corrected chi connectivity index (χ2v) is 6.74. The van der Waals surface area contributed by atoms with Gasteiger partial charge in [-0.2, -0.15) is 0 Å². The molecule has 4 rings (SSSR count). The molecule has 118 valence electrons. The predicted octanol–water partition coefficient (Wildman–Crippen LogP) is 2.56. The van der Waals surface area contributed by atoms with Gasteiger partial charge in [0.15, 0.2) is 0 Å². The van der Waals surface area contributed by atoms with E-state index in [2.05, 4.69) is 34.5 Å². The molecule has 4 nitrogen and oxygen atoms in total. The lowest BCUT2D eigenvalue weighted by atomic mass is 9.92. The first-order valence-electron chi connectivity index (χ1n) is 8.51. The molecule has 0 saturated carbocycles. The zero-order valence-corrected chi connectivity index (χ0v) is 13.1. The minimum Gasteiger partial charge on any atom is -0.376 e. The van der Waals surface area contributed by atoms with Crippen molar-refractivity contribution in [1.82, 2.24) is 10.2 Å². The SMILES string of the molecule is C[C@@H](C(=O)NC[C@H]1CCCO1)N1[C@H]2CC[C@H]1c1ccccc12. The van der Waals surface area contributed by atoms with E-state index in [1.165, 1.54) is 24.0 Å². The van der Waals surface area contributed by atoms with E-state index in [1.54, 1.807) is 0 Å². The third-order valence-electron chi connectivity index (χ3n) is 5.50. The highest BCUT2D eigenvalue weighted by molar-refractivity contribution is 5.81. The summed E-state index contributed by atoms with van der Waals surface area (Å²) in [4.78, 5) is 15.0. The van der Waals surface area contributed by atoms with Crippen molar-refractivity contribution < 1.29 is 9.53 Å². The van der Waals surface area contributed by atoms with Gasteiger partial charge < -0.3 is 10.1 Å². The molecule has 1 N–H and O–H groups in total. The van der Waals surface area contributed by atoms with Crippen molar-refractivity contribution in [3.8, 4) is 0 Å². The van der Waals surface area contributed by atoms with Crippen molar-refractivity contribution in [3.05, 3.63) is 35.4 Å². The molecule has 2 bridgehead atoms. The van der Waals surface area contributed by atoms with Crippen LogP contribution in [0.3, 0.4) is 0 Å². The van der Waals surface area contributed by atoms with Crippen LogP contribution in [0.1, 0.15) is 55.8 Å². The van der Waals surface area contributed by atoms with Crippen LogP contribution in [-0.2, 0) is 9.53 Å². The van der Waals surface area contributed by atoms with Crippen LogP contribution in [0.15, 0.2) is 24.3 Å². The first-order chi connectivity index (χ1) is 10.8. The van der Waals surface area contributed by atoms with Crippen LogP contribution >= 0.6 is 0 Å². The van der Waals surface area contributed by atoms with Gasteiger partial charge in [0.1, 0.15) is 0 Å². The number of carbonyl (C=O) groups is 1. The molecule has 0 unspecified atom stereocenters. The molecule has 1 amide bonds. The molecule has 1 aromatic carbocycles. The van der Waals surface area contributed by atoms with Gasteiger partial charge in [-0.15, -0.1) is 0 Å². The quantitative estimate of drug-likeness (QED) is 0.929. The Balaban J connectivity index is 1.43. The van der Waals surface area contributed by atoms with Crippen LogP contribution in [0.4, 0.5) is 0 Å². The number of carbonyl (C=O) groups excluding carboxylic acids is 1. The smallest absolute Gasteiger partial charge is 0.237 e. The Kier molecular flexibility index (Phi) is 3.66. The maximum atomic E-state index is 12.5. The van der Waals surface area contributed by atoms with Crippen molar-refractivity contribution in [2.24, 2.45) is 0 Å². The molecular formula is C18H24N2O2. The van der Waals surface area contributed by atoms with Crippen LogP contribution in [0.2, 0.25) is 0 Å². The number of hydrogen-bond donors (Lipinski definition) is 1. The normalized spacial score (nSPS) is 31.2. The lowest BCUT2D eigenvalue weighted by molar-refractivity contribution is -0.127. The minimum absolute atomic E-state index is 0.0775. The second kappa shape index (κ2) is 5.67. The van der Waals surface area contributed by atoms with E-state index < -0.39 is 0 Å². The summed E-state index contributed by atoms with van der Waals surface area (Å²) >= 11 is 0. The Hall–Kier alpha value is -1.39. The van der Waals surface area contributed by atoms with Gasteiger partial charge in [0, 0.05) is 25.2 Å². The standard InChI is InChI=1S/C18H24N2O2/c1-12(18(21)19-11-13-5-4-10-22-13)20-16-8-9-17(20)15-7-3-2-6-14(15)16/h2-3,6-7,12-13,16-17H,4-5,8-11H2,1H3,(H,19,21)/t12-,13+,16-,17-/m0/s1. The topological polar surface area (TPSA) is 41.6 Å². The number of amides is 1. The predicted molar refractivity (Wildman–Crippen MR) is 84.4 cm³/mol. The average molecular weight is 300 g/mol. The van der Waals surface area contributed by atoms with Crippen LogP contribution in [0.5, 0.6) is 0 Å². The molecule has 4 atom stereocenters. The largest absolute Gasteiger partial charge is 0.376 e. The Morgan fingerprint density at radius 1 is 1.27 bits per heavy atom. The first-order valence-corrected chi connectivity index (χ1v) is 8.51. The highest BCUT2D eigenvalue weighted by Crippen LogP contribution is 2.53. The molecule has 1 aromatic rings. The summed E-state index contributed by atoms with van der Waals surface area (Å²) in [6.07, 6.45) is 4.73. The van der Waals surface area contributed by atoms with Crippen LogP contribution in [-0.4, -0.2) is 36.1 Å². The van der Waals surface area contributed by atoms with E-state index in [9.17, 15) is 4.79 Å². The summed E-state index contributed by atoms with van der Waals surface area (Å²) in [5.41, 5.74) is 2.86. The molecule has 3 heterocycles. The molecule has 0 radical (unpaired) electrons. The third kappa shape index (κ3) is 2.25. The molecule has 0 aromatic heterocycles. The molecule has 2 saturated heterocycles. The van der Waals surface area contributed by atoms with Crippen molar-refractivity contribution in [3.63, 3.8) is 0 Å². The van der Waals surface area contributed by atoms with Gasteiger partial charge in [-0.05, 0) is 43.7 Å². The first kappa shape index (κ1) is 14.2. The fraction of sp³-hybridized carbons (Fsp3) is 0.611. The van der Waals surface area contributed by atoms with Crippen LogP contribution in [0.25, 0.3) is 0 Å². The van der Waals surface area contributed by atoms with Crippen LogP contribution in [0, 0.1) is 0 Å². The molecule has 0 aliphatic carbocycles. The van der Waals surface area contributed by atoms with Crippen molar-refractivity contribution in [1.29, 1.82) is 0 Å². The second-order valence-electron chi connectivity index (χ2n) is 6.74. The van der Waals surface area contributed by atoms with Crippen LogP contribution < -0.4 is 5.32 Å². The van der Waals surface area contributed by atoms with Gasteiger partial charge in [0.2, 0.25) is 5.91 Å². The van der Waals surface area contributed by atoms with Gasteiger partial charge in [-0.25, -0.2) is 0 Å². The number of nitrogens with one attached hydrogen (secondary N) is 1. The van der Waals surface area contributed by atoms with Crippen molar-refractivity contribution >= 4 is 5.91 Å². The number of rotatable bonds is 4. The van der Waals surface area contributed by atoms with Gasteiger partial charge in [0.25, 0.3) is 0 Å². The van der Waals surface area contributed by atoms with Crippen molar-refractivity contribution in [2.75, 3.05) is 13.2 Å². The summed E-state index contributed by atoms with van der Waals surface area (Å²) in [7, 11) is 0. The summed E-state index contributed by atoms with van der Waals surface area (Å²) in [5, 5.41) is 3.09. The minimum atomic E-state index is -0.0775. The van der Waals surface area contributed by atoms with Gasteiger partial charge in [-0.1, -0.05) is 24.3 Å². The number of nitrogens with zero attached hydrogens (tertiary/aromatic N) is 1. The fourth-order valence-electron chi connectivity index (χ4n) is 4.42. The summed E-state index contributed by atoms with van der Waals surface area (Å²) < 4.78 is 5.59. The maximum absolute atomic E-state index is 12.5. The van der Waals surface area contributed by atoms with Gasteiger partial charge in [-0.3, -0.25) is 9.69 Å². The van der Waals surface area contributed by atoms with E-state index in [1.807, 2.05) is 6.92 Å². The molecule has 22 heavy (non-hydrogen) atoms. The van der Waals surface area contributed by atoms with E-state index in [0.29, 0.717) is 18.6 Å². The molecule has 2 fully saturated rings. The highest BCUT2D eigenvalue weighted by atomic mass is 16.5. The van der Waals surface area contributed by atoms with E-state index >= 15 is 0 Å². The van der Waals surface area contributed by atoms with E-state index in [4.69, 9.17) is 4.74 Å². The van der Waals surface area contributed by atoms with Gasteiger partial charge in [0.05, 0.1) is 12.1 Å². The maximum Gasteiger partial charge on any atom is 0.237 e. The Morgan fingerprint density at radius 2 is 1.95 bits per heavy atom. The zero-order valence-electron chi connectivity index (χ0n) is 13.1. The number of fused-ring (bicyclic) bond motifs is 5.